The summed E-state index contributed by atoms with van der Waals surface area (Å²) >= 11 is 0. The summed E-state index contributed by atoms with van der Waals surface area (Å²) in [6, 6.07) is 0.424. The van der Waals surface area contributed by atoms with Gasteiger partial charge in [-0.3, -0.25) is 9.59 Å². The van der Waals surface area contributed by atoms with Crippen LogP contribution in [0.3, 0.4) is 0 Å². The van der Waals surface area contributed by atoms with Crippen LogP contribution in [0.25, 0.3) is 0 Å². The zero-order valence-electron chi connectivity index (χ0n) is 9.82. The highest BCUT2D eigenvalue weighted by atomic mass is 16.2. The fourth-order valence-corrected chi connectivity index (χ4v) is 1.20. The van der Waals surface area contributed by atoms with E-state index in [1.165, 1.54) is 0 Å². The summed E-state index contributed by atoms with van der Waals surface area (Å²) in [5.74, 6) is -0.0978. The minimum Gasteiger partial charge on any atom is -0.354 e. The van der Waals surface area contributed by atoms with Crippen LogP contribution >= 0.6 is 0 Å². The molecule has 1 atom stereocenters. The number of carbonyl (C=O) groups is 2. The molecule has 6 heteroatoms. The van der Waals surface area contributed by atoms with E-state index < -0.39 is 0 Å². The highest BCUT2D eigenvalue weighted by Gasteiger charge is 2.14. The van der Waals surface area contributed by atoms with Gasteiger partial charge >= 0.3 is 5.91 Å². The fraction of sp³-hybridized carbons (Fsp3) is 0.800. The van der Waals surface area contributed by atoms with Crippen LogP contribution in [0.2, 0.25) is 0 Å². The minimum absolute atomic E-state index is 0.201. The van der Waals surface area contributed by atoms with E-state index in [-0.39, 0.29) is 11.8 Å². The second kappa shape index (κ2) is 8.73. The van der Waals surface area contributed by atoms with Crippen LogP contribution in [0.5, 0.6) is 0 Å². The molecule has 90 valence electrons. The maximum absolute atomic E-state index is 10.4. The van der Waals surface area contributed by atoms with E-state index in [0.29, 0.717) is 12.5 Å². The second-order valence-electron chi connectivity index (χ2n) is 3.70. The molecule has 0 aromatic rings. The molecule has 0 spiro atoms. The summed E-state index contributed by atoms with van der Waals surface area (Å²) in [5, 5.41) is 5.79. The molecule has 1 saturated heterocycles. The first kappa shape index (κ1) is 14.5. The lowest BCUT2D eigenvalue weighted by molar-refractivity contribution is -0.119. The molecule has 1 heterocycles. The quantitative estimate of drug-likeness (QED) is 0.565. The fourth-order valence-electron chi connectivity index (χ4n) is 1.20. The van der Waals surface area contributed by atoms with Crippen molar-refractivity contribution in [3.05, 3.63) is 0 Å². The van der Waals surface area contributed by atoms with E-state index >= 15 is 0 Å². The van der Waals surface area contributed by atoms with Crippen LogP contribution in [-0.2, 0) is 9.59 Å². The molecule has 1 rings (SSSR count). The Morgan fingerprint density at radius 2 is 2.38 bits per heavy atom. The third-order valence-electron chi connectivity index (χ3n) is 2.12. The van der Waals surface area contributed by atoms with Gasteiger partial charge in [0.25, 0.3) is 0 Å². The summed E-state index contributed by atoms with van der Waals surface area (Å²) in [5.41, 5.74) is 6.21. The van der Waals surface area contributed by atoms with Gasteiger partial charge in [-0.15, -0.1) is 0 Å². The predicted molar refractivity (Wildman–Crippen MR) is 58.7 cm³/mol. The first-order valence-corrected chi connectivity index (χ1v) is 5.49. The Morgan fingerprint density at radius 1 is 1.69 bits per heavy atom. The van der Waals surface area contributed by atoms with Gasteiger partial charge in [0.05, 0.1) is 0 Å². The summed E-state index contributed by atoms with van der Waals surface area (Å²) in [6.07, 6.45) is 3.95. The van der Waals surface area contributed by atoms with Gasteiger partial charge in [-0.1, -0.05) is 13.3 Å². The second-order valence-corrected chi connectivity index (χ2v) is 3.70. The number of hydrogen-bond acceptors (Lipinski definition) is 3. The number of rotatable bonds is 3. The largest absolute Gasteiger partial charge is 0.354 e. The van der Waals surface area contributed by atoms with Gasteiger partial charge < -0.3 is 5.32 Å². The van der Waals surface area contributed by atoms with Crippen LogP contribution in [-0.4, -0.2) is 17.9 Å². The summed E-state index contributed by atoms with van der Waals surface area (Å²) < 4.78 is 0. The average Bonchev–Trinajstić information content (AvgIpc) is 2.61. The first-order valence-electron chi connectivity index (χ1n) is 5.49. The molecule has 16 heavy (non-hydrogen) atoms. The smallest absolute Gasteiger partial charge is 0.330 e. The van der Waals surface area contributed by atoms with Crippen molar-refractivity contribution in [1.82, 2.24) is 10.2 Å². The molecule has 0 bridgehead atoms. The van der Waals surface area contributed by atoms with Gasteiger partial charge in [0.1, 0.15) is 5.53 Å². The van der Waals surface area contributed by atoms with Crippen molar-refractivity contribution >= 4 is 11.8 Å². The third kappa shape index (κ3) is 7.82. The van der Waals surface area contributed by atoms with Crippen LogP contribution in [0.1, 0.15) is 46.0 Å². The van der Waals surface area contributed by atoms with Crippen LogP contribution in [0.15, 0.2) is 5.11 Å². The van der Waals surface area contributed by atoms with Crippen molar-refractivity contribution in [2.24, 2.45) is 5.11 Å². The SMILES string of the molecule is CC1CCC(=O)N1.CCCCC(=O)N=[N+]=N. The van der Waals surface area contributed by atoms with Gasteiger partial charge in [0.2, 0.25) is 10.8 Å². The highest BCUT2D eigenvalue weighted by Crippen LogP contribution is 2.03. The molecule has 0 saturated carbocycles. The van der Waals surface area contributed by atoms with Gasteiger partial charge in [0, 0.05) is 18.9 Å². The van der Waals surface area contributed by atoms with Crippen molar-refractivity contribution in [3.8, 4) is 0 Å². The van der Waals surface area contributed by atoms with Gasteiger partial charge in [-0.05, 0) is 19.8 Å². The number of unbranched alkanes of at least 4 members (excludes halogenated alkanes) is 1. The van der Waals surface area contributed by atoms with E-state index in [0.717, 1.165) is 25.7 Å². The summed E-state index contributed by atoms with van der Waals surface area (Å²) in [6.45, 7) is 4.01. The van der Waals surface area contributed by atoms with Crippen LogP contribution < -0.4 is 10.2 Å². The topological polar surface area (TPSA) is 96.5 Å². The zero-order valence-corrected chi connectivity index (χ0v) is 9.82. The zero-order chi connectivity index (χ0) is 12.4. The number of nitrogens with one attached hydrogen (secondary N) is 2. The van der Waals surface area contributed by atoms with E-state index in [2.05, 4.69) is 15.3 Å². The Labute approximate surface area is 95.0 Å². The molecule has 0 aromatic carbocycles. The van der Waals surface area contributed by atoms with Crippen LogP contribution in [0, 0.1) is 5.53 Å². The minimum atomic E-state index is -0.299. The average molecular weight is 227 g/mol. The number of hydrogen-bond donors (Lipinski definition) is 2. The molecule has 1 aliphatic rings. The van der Waals surface area contributed by atoms with Crippen molar-refractivity contribution in [1.29, 1.82) is 5.53 Å². The van der Waals surface area contributed by atoms with E-state index in [1.54, 1.807) is 0 Å². The molecule has 2 N–H and O–H groups in total. The Balaban J connectivity index is 0.000000288. The standard InChI is InChI=1S/C5H10N3O.C5H9NO/c1-2-3-4-5(9)7-8-6;1-4-2-3-5(7)6-4/h6H,2-4H2,1H3;4H,2-3H2,1H3,(H,6,7)/q+1;. The molecule has 2 amide bonds. The molecule has 1 aliphatic heterocycles. The maximum Gasteiger partial charge on any atom is 0.330 e. The molecule has 1 unspecified atom stereocenters. The summed E-state index contributed by atoms with van der Waals surface area (Å²) in [7, 11) is 0. The number of amides is 2. The monoisotopic (exact) mass is 227 g/mol. The lowest BCUT2D eigenvalue weighted by atomic mass is 10.2. The lowest BCUT2D eigenvalue weighted by Crippen LogP contribution is -2.21. The van der Waals surface area contributed by atoms with Gasteiger partial charge in [0.15, 0.2) is 5.11 Å². The normalized spacial score (nSPS) is 17.9. The van der Waals surface area contributed by atoms with Crippen LogP contribution in [0.4, 0.5) is 0 Å². The molecule has 1 fully saturated rings. The van der Waals surface area contributed by atoms with E-state index in [4.69, 9.17) is 5.53 Å². The number of nitrogens with zero attached hydrogens (tertiary/aromatic N) is 2. The highest BCUT2D eigenvalue weighted by molar-refractivity contribution is 5.78. The van der Waals surface area contributed by atoms with Crippen molar-refractivity contribution < 1.29 is 9.59 Å². The molecule has 0 radical (unpaired) electrons. The summed E-state index contributed by atoms with van der Waals surface area (Å²) in [4.78, 5) is 23.4. The van der Waals surface area contributed by atoms with Crippen molar-refractivity contribution in [3.63, 3.8) is 0 Å². The van der Waals surface area contributed by atoms with Crippen molar-refractivity contribution in [2.75, 3.05) is 0 Å². The molecule has 6 nitrogen and oxygen atoms in total. The van der Waals surface area contributed by atoms with E-state index in [9.17, 15) is 9.59 Å². The van der Waals surface area contributed by atoms with Gasteiger partial charge in [-0.25, -0.2) is 0 Å². The molecular formula is C10H19N4O2+. The first-order chi connectivity index (χ1) is 7.60. The Bertz CT molecular complexity index is 285. The lowest BCUT2D eigenvalue weighted by Gasteiger charge is -1.95. The molecular weight excluding hydrogens is 208 g/mol. The Morgan fingerprint density at radius 3 is 2.69 bits per heavy atom. The third-order valence-corrected chi connectivity index (χ3v) is 2.12. The Hall–Kier alpha value is -1.55. The number of carbonyl (C=O) groups excluding carboxylic acids is 2. The maximum atomic E-state index is 10.4. The van der Waals surface area contributed by atoms with Crippen molar-refractivity contribution in [2.45, 2.75) is 52.0 Å². The Kier molecular flexibility index (Phi) is 7.89. The van der Waals surface area contributed by atoms with Gasteiger partial charge in [-0.2, -0.15) is 0 Å². The molecule has 0 aliphatic carbocycles. The van der Waals surface area contributed by atoms with E-state index in [1.807, 2.05) is 13.8 Å². The molecule has 0 aromatic heterocycles. The predicted octanol–water partition coefficient (Wildman–Crippen LogP) is 1.54.